The maximum Gasteiger partial charge on any atom is 0.0449 e. The Hall–Kier alpha value is -5.80. The van der Waals surface area contributed by atoms with E-state index >= 15 is 0 Å². The summed E-state index contributed by atoms with van der Waals surface area (Å²) in [5.74, 6) is 0. The molecule has 0 atom stereocenters. The standard InChI is InChI=1S/C48H30S2/c1-2-12-33(13-3-1)43-24-26-45(49-43)46-27-25-44(50-46)36-22-23-41-42(30-36)48(38-21-19-32-11-5-7-15-35(32)29-38)40-17-9-8-16-39(40)47(41)37-20-18-31-10-4-6-14-34(31)28-37/h1-30H. The molecule has 0 fully saturated rings. The van der Waals surface area contributed by atoms with Crippen LogP contribution in [0.5, 0.6) is 0 Å². The minimum absolute atomic E-state index is 1.24. The van der Waals surface area contributed by atoms with Gasteiger partial charge in [-0.1, -0.05) is 140 Å². The summed E-state index contributed by atoms with van der Waals surface area (Å²) in [4.78, 5) is 5.19. The lowest BCUT2D eigenvalue weighted by Gasteiger charge is -2.19. The van der Waals surface area contributed by atoms with Gasteiger partial charge in [-0.15, -0.1) is 22.7 Å². The summed E-state index contributed by atoms with van der Waals surface area (Å²) < 4.78 is 0. The fraction of sp³-hybridized carbons (Fsp3) is 0. The van der Waals surface area contributed by atoms with Crippen LogP contribution in [0, 0.1) is 0 Å². The maximum atomic E-state index is 2.44. The van der Waals surface area contributed by atoms with E-state index in [0.717, 1.165) is 0 Å². The van der Waals surface area contributed by atoms with Crippen LogP contribution in [0.25, 0.3) is 96.0 Å². The van der Waals surface area contributed by atoms with Gasteiger partial charge in [-0.05, 0) is 119 Å². The Morgan fingerprint density at radius 3 is 1.28 bits per heavy atom. The molecule has 0 saturated heterocycles. The molecule has 0 unspecified atom stereocenters. The molecule has 234 valence electrons. The molecule has 2 heterocycles. The first kappa shape index (κ1) is 29.1. The van der Waals surface area contributed by atoms with E-state index in [1.165, 1.54) is 96.0 Å². The van der Waals surface area contributed by atoms with Gasteiger partial charge >= 0.3 is 0 Å². The Bertz CT molecular complexity index is 2870. The molecule has 0 bridgehead atoms. The SMILES string of the molecule is c1ccc(-c2ccc(-c3ccc(-c4ccc5c(-c6ccc7ccccc7c6)c6ccccc6c(-c6ccc7ccccc7c6)c5c4)s3)s2)cc1. The fourth-order valence-corrected chi connectivity index (χ4v) is 9.60. The first-order chi connectivity index (χ1) is 24.8. The zero-order chi connectivity index (χ0) is 33.0. The molecule has 0 spiro atoms. The highest BCUT2D eigenvalue weighted by molar-refractivity contribution is 7.25. The van der Waals surface area contributed by atoms with E-state index in [2.05, 4.69) is 182 Å². The number of thiophene rings is 2. The molecule has 10 aromatic rings. The van der Waals surface area contributed by atoms with Crippen molar-refractivity contribution in [3.63, 3.8) is 0 Å². The van der Waals surface area contributed by atoms with Gasteiger partial charge < -0.3 is 0 Å². The largest absolute Gasteiger partial charge is 0.134 e. The summed E-state index contributed by atoms with van der Waals surface area (Å²) in [6.45, 7) is 0. The summed E-state index contributed by atoms with van der Waals surface area (Å²) in [5, 5.41) is 10.1. The van der Waals surface area contributed by atoms with Crippen molar-refractivity contribution in [2.75, 3.05) is 0 Å². The van der Waals surface area contributed by atoms with Crippen molar-refractivity contribution in [1.82, 2.24) is 0 Å². The van der Waals surface area contributed by atoms with Crippen molar-refractivity contribution >= 4 is 65.8 Å². The number of rotatable bonds is 5. The van der Waals surface area contributed by atoms with E-state index in [0.29, 0.717) is 0 Å². The molecule has 10 rings (SSSR count). The highest BCUT2D eigenvalue weighted by Crippen LogP contribution is 2.47. The minimum Gasteiger partial charge on any atom is -0.134 e. The van der Waals surface area contributed by atoms with E-state index in [9.17, 15) is 0 Å². The molecule has 0 nitrogen and oxygen atoms in total. The van der Waals surface area contributed by atoms with Crippen molar-refractivity contribution in [2.45, 2.75) is 0 Å². The summed E-state index contributed by atoms with van der Waals surface area (Å²) in [6.07, 6.45) is 0. The van der Waals surface area contributed by atoms with Crippen molar-refractivity contribution in [3.8, 4) is 52.9 Å². The Kier molecular flexibility index (Phi) is 6.97. The lowest BCUT2D eigenvalue weighted by Crippen LogP contribution is -1.92. The molecular formula is C48H30S2. The second-order valence-electron chi connectivity index (χ2n) is 12.9. The zero-order valence-corrected chi connectivity index (χ0v) is 28.8. The Labute approximate surface area is 299 Å². The third-order valence-electron chi connectivity index (χ3n) is 9.90. The average molecular weight is 671 g/mol. The van der Waals surface area contributed by atoms with Gasteiger partial charge in [-0.2, -0.15) is 0 Å². The van der Waals surface area contributed by atoms with Gasteiger partial charge in [-0.25, -0.2) is 0 Å². The quantitative estimate of drug-likeness (QED) is 0.160. The monoisotopic (exact) mass is 670 g/mol. The van der Waals surface area contributed by atoms with Crippen LogP contribution in [0.3, 0.4) is 0 Å². The molecule has 8 aromatic carbocycles. The van der Waals surface area contributed by atoms with Gasteiger partial charge in [0.25, 0.3) is 0 Å². The van der Waals surface area contributed by atoms with E-state index < -0.39 is 0 Å². The van der Waals surface area contributed by atoms with Gasteiger partial charge in [0.1, 0.15) is 0 Å². The Morgan fingerprint density at radius 2 is 0.680 bits per heavy atom. The Morgan fingerprint density at radius 1 is 0.240 bits per heavy atom. The van der Waals surface area contributed by atoms with E-state index in [1.54, 1.807) is 0 Å². The average Bonchev–Trinajstić information content (AvgIpc) is 3.88. The lowest BCUT2D eigenvalue weighted by atomic mass is 9.84. The molecule has 0 amide bonds. The van der Waals surface area contributed by atoms with Crippen LogP contribution in [-0.2, 0) is 0 Å². The topological polar surface area (TPSA) is 0 Å². The number of hydrogen-bond donors (Lipinski definition) is 0. The summed E-state index contributed by atoms with van der Waals surface area (Å²) >= 11 is 3.74. The van der Waals surface area contributed by atoms with Crippen LogP contribution < -0.4 is 0 Å². The van der Waals surface area contributed by atoms with E-state index in [4.69, 9.17) is 0 Å². The number of hydrogen-bond acceptors (Lipinski definition) is 2. The first-order valence-electron chi connectivity index (χ1n) is 17.0. The smallest absolute Gasteiger partial charge is 0.0449 e. The number of benzene rings is 8. The highest BCUT2D eigenvalue weighted by Gasteiger charge is 2.19. The molecule has 0 aliphatic heterocycles. The van der Waals surface area contributed by atoms with Gasteiger partial charge in [0.05, 0.1) is 0 Å². The molecule has 0 radical (unpaired) electrons. The zero-order valence-electron chi connectivity index (χ0n) is 27.1. The highest BCUT2D eigenvalue weighted by atomic mass is 32.1. The normalized spacial score (nSPS) is 11.6. The summed E-state index contributed by atoms with van der Waals surface area (Å²) in [6, 6.07) is 67.0. The molecule has 2 heteroatoms. The third-order valence-corrected chi connectivity index (χ3v) is 12.4. The van der Waals surface area contributed by atoms with Gasteiger partial charge in [0, 0.05) is 19.5 Å². The molecular weight excluding hydrogens is 641 g/mol. The van der Waals surface area contributed by atoms with Gasteiger partial charge in [0.2, 0.25) is 0 Å². The van der Waals surface area contributed by atoms with Crippen molar-refractivity contribution in [2.24, 2.45) is 0 Å². The molecule has 50 heavy (non-hydrogen) atoms. The maximum absolute atomic E-state index is 2.44. The van der Waals surface area contributed by atoms with Crippen molar-refractivity contribution in [3.05, 3.63) is 182 Å². The van der Waals surface area contributed by atoms with Crippen molar-refractivity contribution in [1.29, 1.82) is 0 Å². The lowest BCUT2D eigenvalue weighted by molar-refractivity contribution is 1.68. The second kappa shape index (κ2) is 12.0. The predicted molar refractivity (Wildman–Crippen MR) is 219 cm³/mol. The Balaban J connectivity index is 1.20. The van der Waals surface area contributed by atoms with Crippen LogP contribution in [0.4, 0.5) is 0 Å². The summed E-state index contributed by atoms with van der Waals surface area (Å²) in [7, 11) is 0. The fourth-order valence-electron chi connectivity index (χ4n) is 7.50. The first-order valence-corrected chi connectivity index (χ1v) is 18.6. The van der Waals surface area contributed by atoms with Crippen LogP contribution in [0.15, 0.2) is 182 Å². The van der Waals surface area contributed by atoms with Crippen LogP contribution >= 0.6 is 22.7 Å². The molecule has 0 aliphatic carbocycles. The van der Waals surface area contributed by atoms with Crippen molar-refractivity contribution < 1.29 is 0 Å². The van der Waals surface area contributed by atoms with Crippen LogP contribution in [0.1, 0.15) is 0 Å². The molecule has 0 aliphatic rings. The second-order valence-corrected chi connectivity index (χ2v) is 15.0. The molecule has 2 aromatic heterocycles. The van der Waals surface area contributed by atoms with E-state index in [-0.39, 0.29) is 0 Å². The van der Waals surface area contributed by atoms with E-state index in [1.807, 2.05) is 22.7 Å². The van der Waals surface area contributed by atoms with Crippen LogP contribution in [-0.4, -0.2) is 0 Å². The predicted octanol–water partition coefficient (Wildman–Crippen LogP) is 14.8. The minimum atomic E-state index is 1.24. The third kappa shape index (κ3) is 4.96. The van der Waals surface area contributed by atoms with Gasteiger partial charge in [-0.3, -0.25) is 0 Å². The number of fused-ring (bicyclic) bond motifs is 4. The summed E-state index contributed by atoms with van der Waals surface area (Å²) in [5.41, 5.74) is 7.58. The van der Waals surface area contributed by atoms with Gasteiger partial charge in [0.15, 0.2) is 0 Å². The molecule has 0 saturated carbocycles. The van der Waals surface area contributed by atoms with Crippen LogP contribution in [0.2, 0.25) is 0 Å². The molecule has 0 N–H and O–H groups in total.